The van der Waals surface area contributed by atoms with Gasteiger partial charge in [-0.1, -0.05) is 54.2 Å². The Morgan fingerprint density at radius 2 is 1.83 bits per heavy atom. The summed E-state index contributed by atoms with van der Waals surface area (Å²) >= 11 is 1.57. The zero-order chi connectivity index (χ0) is 16.5. The van der Waals surface area contributed by atoms with Gasteiger partial charge in [-0.2, -0.15) is 5.10 Å². The minimum Gasteiger partial charge on any atom is -0.507 e. The summed E-state index contributed by atoms with van der Waals surface area (Å²) in [5, 5.41) is 17.5. The average molecular weight is 336 g/mol. The van der Waals surface area contributed by atoms with Crippen LogP contribution in [0.3, 0.4) is 0 Å². The molecule has 3 aromatic rings. The molecule has 1 aliphatic heterocycles. The fourth-order valence-electron chi connectivity index (χ4n) is 2.91. The predicted octanol–water partition coefficient (Wildman–Crippen LogP) is 4.25. The van der Waals surface area contributed by atoms with Gasteiger partial charge >= 0.3 is 0 Å². The summed E-state index contributed by atoms with van der Waals surface area (Å²) in [7, 11) is 1.68. The van der Waals surface area contributed by atoms with Crippen LogP contribution in [0.1, 0.15) is 16.5 Å². The van der Waals surface area contributed by atoms with Crippen LogP contribution in [0.2, 0.25) is 0 Å². The van der Waals surface area contributed by atoms with E-state index >= 15 is 0 Å². The van der Waals surface area contributed by atoms with Gasteiger partial charge in [0.2, 0.25) is 0 Å². The van der Waals surface area contributed by atoms with Crippen LogP contribution in [-0.2, 0) is 0 Å². The van der Waals surface area contributed by atoms with E-state index in [1.807, 2.05) is 30.3 Å². The van der Waals surface area contributed by atoms with Crippen molar-refractivity contribution in [2.24, 2.45) is 5.10 Å². The molecule has 24 heavy (non-hydrogen) atoms. The molecular weight excluding hydrogens is 320 g/mol. The molecule has 0 saturated heterocycles. The van der Waals surface area contributed by atoms with Gasteiger partial charge in [0.15, 0.2) is 0 Å². The van der Waals surface area contributed by atoms with Crippen molar-refractivity contribution in [2.45, 2.75) is 5.37 Å². The largest absolute Gasteiger partial charge is 0.507 e. The molecule has 5 heteroatoms. The number of fused-ring (bicyclic) bond motifs is 1. The Kier molecular flexibility index (Phi) is 3.78. The standard InChI is InChI=1S/C19H16N2O2S/c1-23-16-11-10-12-6-2-3-7-13(12)17(16)19-21-20-18(24-19)14-8-4-5-9-15(14)22/h2-11,19,21-22H,1H3. The van der Waals surface area contributed by atoms with Crippen molar-refractivity contribution in [3.63, 3.8) is 0 Å². The summed E-state index contributed by atoms with van der Waals surface area (Å²) in [5.41, 5.74) is 4.97. The van der Waals surface area contributed by atoms with E-state index in [1.165, 1.54) is 0 Å². The third-order valence-electron chi connectivity index (χ3n) is 4.06. The van der Waals surface area contributed by atoms with Crippen molar-refractivity contribution in [1.29, 1.82) is 0 Å². The Morgan fingerprint density at radius 1 is 1.04 bits per heavy atom. The van der Waals surface area contributed by atoms with Crippen LogP contribution in [0, 0.1) is 0 Å². The highest BCUT2D eigenvalue weighted by molar-refractivity contribution is 8.14. The zero-order valence-corrected chi connectivity index (χ0v) is 13.9. The SMILES string of the molecule is COc1ccc2ccccc2c1C1NN=C(c2ccccc2O)S1. The van der Waals surface area contributed by atoms with Gasteiger partial charge < -0.3 is 9.84 Å². The maximum Gasteiger partial charge on any atom is 0.129 e. The van der Waals surface area contributed by atoms with Gasteiger partial charge in [-0.25, -0.2) is 0 Å². The van der Waals surface area contributed by atoms with E-state index in [0.29, 0.717) is 0 Å². The molecule has 4 rings (SSSR count). The first-order chi connectivity index (χ1) is 11.8. The van der Waals surface area contributed by atoms with Crippen molar-refractivity contribution in [1.82, 2.24) is 5.43 Å². The zero-order valence-electron chi connectivity index (χ0n) is 13.1. The maximum absolute atomic E-state index is 10.1. The summed E-state index contributed by atoms with van der Waals surface area (Å²) in [4.78, 5) is 0. The Labute approximate surface area is 144 Å². The molecule has 0 aromatic heterocycles. The third kappa shape index (κ3) is 2.47. The van der Waals surface area contributed by atoms with Gasteiger partial charge in [-0.3, -0.25) is 5.43 Å². The molecule has 4 nitrogen and oxygen atoms in total. The average Bonchev–Trinajstić information content (AvgIpc) is 3.10. The molecular formula is C19H16N2O2S. The number of phenolic OH excluding ortho intramolecular Hbond substituents is 1. The molecule has 0 fully saturated rings. The number of methoxy groups -OCH3 is 1. The lowest BCUT2D eigenvalue weighted by Gasteiger charge is -2.17. The van der Waals surface area contributed by atoms with Crippen molar-refractivity contribution >= 4 is 27.6 Å². The van der Waals surface area contributed by atoms with E-state index in [4.69, 9.17) is 4.74 Å². The molecule has 1 heterocycles. The summed E-state index contributed by atoms with van der Waals surface area (Å²) in [5.74, 6) is 1.06. The topological polar surface area (TPSA) is 53.8 Å². The van der Waals surface area contributed by atoms with Crippen molar-refractivity contribution in [3.05, 3.63) is 71.8 Å². The quantitative estimate of drug-likeness (QED) is 0.751. The Balaban J connectivity index is 1.74. The molecule has 0 amide bonds. The van der Waals surface area contributed by atoms with Crippen LogP contribution < -0.4 is 10.2 Å². The molecule has 120 valence electrons. The first-order valence-electron chi connectivity index (χ1n) is 7.62. The number of aromatic hydroxyl groups is 1. The van der Waals surface area contributed by atoms with Gasteiger partial charge in [-0.05, 0) is 29.0 Å². The monoisotopic (exact) mass is 336 g/mol. The molecule has 1 atom stereocenters. The number of phenols is 1. The number of nitrogens with one attached hydrogen (secondary N) is 1. The van der Waals surface area contributed by atoms with E-state index in [9.17, 15) is 5.11 Å². The van der Waals surface area contributed by atoms with Gasteiger partial charge in [-0.15, -0.1) is 0 Å². The van der Waals surface area contributed by atoms with Crippen LogP contribution in [0.15, 0.2) is 65.8 Å². The number of rotatable bonds is 3. The number of ether oxygens (including phenoxy) is 1. The van der Waals surface area contributed by atoms with Crippen LogP contribution in [0.5, 0.6) is 11.5 Å². The minimum absolute atomic E-state index is 0.0688. The molecule has 0 saturated carbocycles. The molecule has 0 bridgehead atoms. The Bertz CT molecular complexity index is 940. The van der Waals surface area contributed by atoms with E-state index in [2.05, 4.69) is 28.7 Å². The molecule has 0 radical (unpaired) electrons. The summed E-state index contributed by atoms with van der Waals surface area (Å²) in [6.45, 7) is 0. The van der Waals surface area contributed by atoms with Crippen LogP contribution in [0.25, 0.3) is 10.8 Å². The fourth-order valence-corrected chi connectivity index (χ4v) is 4.00. The lowest BCUT2D eigenvalue weighted by molar-refractivity contribution is 0.409. The minimum atomic E-state index is -0.0688. The Morgan fingerprint density at radius 3 is 2.67 bits per heavy atom. The van der Waals surface area contributed by atoms with Crippen LogP contribution in [0.4, 0.5) is 0 Å². The van der Waals surface area contributed by atoms with Gasteiger partial charge in [0.25, 0.3) is 0 Å². The first kappa shape index (κ1) is 14.9. The number of thioether (sulfide) groups is 1. The van der Waals surface area contributed by atoms with Crippen molar-refractivity contribution < 1.29 is 9.84 Å². The summed E-state index contributed by atoms with van der Waals surface area (Å²) < 4.78 is 5.58. The van der Waals surface area contributed by atoms with E-state index < -0.39 is 0 Å². The van der Waals surface area contributed by atoms with E-state index in [1.54, 1.807) is 31.0 Å². The Hall–Kier alpha value is -2.66. The van der Waals surface area contributed by atoms with Gasteiger partial charge in [0.1, 0.15) is 21.9 Å². The lowest BCUT2D eigenvalue weighted by Crippen LogP contribution is -2.09. The second-order valence-electron chi connectivity index (χ2n) is 5.46. The molecule has 0 spiro atoms. The summed E-state index contributed by atoms with van der Waals surface area (Å²) in [6.07, 6.45) is 0. The molecule has 1 aliphatic rings. The number of hydrazone groups is 1. The highest BCUT2D eigenvalue weighted by atomic mass is 32.2. The second-order valence-corrected chi connectivity index (χ2v) is 6.56. The first-order valence-corrected chi connectivity index (χ1v) is 8.50. The second kappa shape index (κ2) is 6.09. The predicted molar refractivity (Wildman–Crippen MR) is 98.6 cm³/mol. The number of benzene rings is 3. The van der Waals surface area contributed by atoms with Crippen LogP contribution in [-0.4, -0.2) is 17.3 Å². The number of hydrogen-bond acceptors (Lipinski definition) is 5. The van der Waals surface area contributed by atoms with E-state index in [0.717, 1.165) is 32.7 Å². The molecule has 2 N–H and O–H groups in total. The number of nitrogens with zero attached hydrogens (tertiary/aromatic N) is 1. The highest BCUT2D eigenvalue weighted by Gasteiger charge is 2.27. The summed E-state index contributed by atoms with van der Waals surface area (Å²) in [6, 6.07) is 19.5. The van der Waals surface area contributed by atoms with Gasteiger partial charge in [0, 0.05) is 5.56 Å². The van der Waals surface area contributed by atoms with Crippen LogP contribution >= 0.6 is 11.8 Å². The van der Waals surface area contributed by atoms with E-state index in [-0.39, 0.29) is 11.1 Å². The normalized spacial score (nSPS) is 16.7. The fraction of sp³-hybridized carbons (Fsp3) is 0.105. The molecule has 1 unspecified atom stereocenters. The van der Waals surface area contributed by atoms with Gasteiger partial charge in [0.05, 0.1) is 12.7 Å². The lowest BCUT2D eigenvalue weighted by atomic mass is 10.0. The van der Waals surface area contributed by atoms with Crippen molar-refractivity contribution in [2.75, 3.05) is 7.11 Å². The smallest absolute Gasteiger partial charge is 0.129 e. The van der Waals surface area contributed by atoms with Crippen molar-refractivity contribution in [3.8, 4) is 11.5 Å². The number of hydrogen-bond donors (Lipinski definition) is 2. The molecule has 0 aliphatic carbocycles. The molecule has 3 aromatic carbocycles. The maximum atomic E-state index is 10.1. The number of para-hydroxylation sites is 1. The third-order valence-corrected chi connectivity index (χ3v) is 5.17. The highest BCUT2D eigenvalue weighted by Crippen LogP contribution is 2.43.